The number of halogens is 1. The molecule has 5 nitrogen and oxygen atoms in total. The first kappa shape index (κ1) is 16.8. The van der Waals surface area contributed by atoms with Crippen LogP contribution in [-0.2, 0) is 0 Å². The Labute approximate surface area is 139 Å². The molecule has 2 N–H and O–H groups in total. The Morgan fingerprint density at radius 3 is 2.04 bits per heavy atom. The highest BCUT2D eigenvalue weighted by Crippen LogP contribution is 2.39. The first-order chi connectivity index (χ1) is 11.1. The molecule has 0 aliphatic carbocycles. The van der Waals surface area contributed by atoms with Crippen LogP contribution in [0.5, 0.6) is 17.2 Å². The Kier molecular flexibility index (Phi) is 5.59. The average Bonchev–Trinajstić information content (AvgIpc) is 2.53. The van der Waals surface area contributed by atoms with Crippen LogP contribution in [0.1, 0.15) is 0 Å². The third kappa shape index (κ3) is 4.23. The maximum Gasteiger partial charge on any atom is 0.203 e. The molecule has 0 aromatic heterocycles. The van der Waals surface area contributed by atoms with Gasteiger partial charge in [0.2, 0.25) is 5.75 Å². The largest absolute Gasteiger partial charge is 0.493 e. The van der Waals surface area contributed by atoms with E-state index in [1.54, 1.807) is 24.3 Å². The van der Waals surface area contributed by atoms with Crippen LogP contribution >= 0.6 is 12.2 Å². The number of thiocarbonyl (C=S) groups is 1. The Balaban J connectivity index is 2.17. The molecule has 122 valence electrons. The van der Waals surface area contributed by atoms with Crippen molar-refractivity contribution in [3.63, 3.8) is 0 Å². The van der Waals surface area contributed by atoms with Crippen molar-refractivity contribution in [3.8, 4) is 17.2 Å². The van der Waals surface area contributed by atoms with Crippen molar-refractivity contribution in [1.29, 1.82) is 0 Å². The van der Waals surface area contributed by atoms with Crippen LogP contribution in [0.4, 0.5) is 15.8 Å². The minimum absolute atomic E-state index is 0.310. The summed E-state index contributed by atoms with van der Waals surface area (Å²) in [6, 6.07) is 9.47. The zero-order valence-electron chi connectivity index (χ0n) is 13.0. The lowest BCUT2D eigenvalue weighted by molar-refractivity contribution is 0.324. The Morgan fingerprint density at radius 1 is 0.913 bits per heavy atom. The highest BCUT2D eigenvalue weighted by Gasteiger charge is 2.13. The van der Waals surface area contributed by atoms with E-state index in [0.717, 1.165) is 0 Å². The van der Waals surface area contributed by atoms with Crippen molar-refractivity contribution in [2.75, 3.05) is 32.0 Å². The maximum atomic E-state index is 13.2. The highest BCUT2D eigenvalue weighted by atomic mass is 32.1. The number of ether oxygens (including phenoxy) is 3. The second-order valence-corrected chi connectivity index (χ2v) is 4.91. The van der Waals surface area contributed by atoms with Gasteiger partial charge in [0.05, 0.1) is 21.3 Å². The number of hydrogen-bond donors (Lipinski definition) is 2. The Morgan fingerprint density at radius 2 is 1.52 bits per heavy atom. The summed E-state index contributed by atoms with van der Waals surface area (Å²) < 4.78 is 29.0. The molecule has 2 aromatic carbocycles. The Bertz CT molecular complexity index is 684. The second-order valence-electron chi connectivity index (χ2n) is 4.50. The van der Waals surface area contributed by atoms with Crippen LogP contribution in [0.2, 0.25) is 0 Å². The summed E-state index contributed by atoms with van der Waals surface area (Å²) in [6.07, 6.45) is 0. The van der Waals surface area contributed by atoms with Gasteiger partial charge in [-0.1, -0.05) is 6.07 Å². The fourth-order valence-corrected chi connectivity index (χ4v) is 2.25. The molecule has 0 heterocycles. The number of rotatable bonds is 5. The van der Waals surface area contributed by atoms with Crippen LogP contribution < -0.4 is 24.8 Å². The van der Waals surface area contributed by atoms with Crippen molar-refractivity contribution in [2.24, 2.45) is 0 Å². The molecule has 0 aliphatic heterocycles. The van der Waals surface area contributed by atoms with Crippen LogP contribution in [0, 0.1) is 5.82 Å². The van der Waals surface area contributed by atoms with Crippen molar-refractivity contribution >= 4 is 28.7 Å². The van der Waals surface area contributed by atoms with E-state index >= 15 is 0 Å². The van der Waals surface area contributed by atoms with Crippen molar-refractivity contribution in [2.45, 2.75) is 0 Å². The van der Waals surface area contributed by atoms with E-state index in [1.165, 1.54) is 33.5 Å². The minimum Gasteiger partial charge on any atom is -0.493 e. The molecule has 0 aliphatic rings. The molecule has 0 saturated heterocycles. The summed E-state index contributed by atoms with van der Waals surface area (Å²) in [5, 5.41) is 6.21. The topological polar surface area (TPSA) is 51.8 Å². The van der Waals surface area contributed by atoms with Gasteiger partial charge in [0.15, 0.2) is 16.6 Å². The lowest BCUT2D eigenvalue weighted by Gasteiger charge is -2.16. The quantitative estimate of drug-likeness (QED) is 0.813. The molecule has 0 spiro atoms. The van der Waals surface area contributed by atoms with E-state index in [-0.39, 0.29) is 5.82 Å². The standard InChI is InChI=1S/C16H17FN2O3S/c1-20-13-8-12(9-14(21-2)15(13)22-3)19-16(23)18-11-6-4-5-10(17)7-11/h4-9H,1-3H3,(H2,18,19,23). The minimum atomic E-state index is -0.342. The molecule has 7 heteroatoms. The summed E-state index contributed by atoms with van der Waals surface area (Å²) in [5.74, 6) is 1.15. The molecule has 0 unspecified atom stereocenters. The van der Waals surface area contributed by atoms with E-state index in [9.17, 15) is 4.39 Å². The van der Waals surface area contributed by atoms with Gasteiger partial charge in [0.1, 0.15) is 5.82 Å². The van der Waals surface area contributed by atoms with Gasteiger partial charge < -0.3 is 24.8 Å². The number of anilines is 2. The second kappa shape index (κ2) is 7.64. The van der Waals surface area contributed by atoms with E-state index in [1.807, 2.05) is 0 Å². The van der Waals surface area contributed by atoms with Gasteiger partial charge in [-0.15, -0.1) is 0 Å². The predicted octanol–water partition coefficient (Wildman–Crippen LogP) is 3.66. The molecule has 0 radical (unpaired) electrons. The SMILES string of the molecule is COc1cc(NC(=S)Nc2cccc(F)c2)cc(OC)c1OC. The normalized spacial score (nSPS) is 9.91. The molecular formula is C16H17FN2O3S. The van der Waals surface area contributed by atoms with E-state index in [2.05, 4.69) is 10.6 Å². The highest BCUT2D eigenvalue weighted by molar-refractivity contribution is 7.80. The lowest BCUT2D eigenvalue weighted by Crippen LogP contribution is -2.19. The number of benzene rings is 2. The summed E-state index contributed by atoms with van der Waals surface area (Å²) >= 11 is 5.22. The van der Waals surface area contributed by atoms with Crippen LogP contribution in [-0.4, -0.2) is 26.4 Å². The number of nitrogens with one attached hydrogen (secondary N) is 2. The third-order valence-electron chi connectivity index (χ3n) is 3.01. The summed E-state index contributed by atoms with van der Waals surface area (Å²) in [4.78, 5) is 0. The smallest absolute Gasteiger partial charge is 0.203 e. The molecule has 0 fully saturated rings. The maximum absolute atomic E-state index is 13.2. The first-order valence-corrected chi connectivity index (χ1v) is 7.11. The molecule has 23 heavy (non-hydrogen) atoms. The third-order valence-corrected chi connectivity index (χ3v) is 3.21. The zero-order chi connectivity index (χ0) is 16.8. The Hall–Kier alpha value is -2.54. The number of hydrogen-bond acceptors (Lipinski definition) is 4. The molecule has 0 amide bonds. The monoisotopic (exact) mass is 336 g/mol. The summed E-state index contributed by atoms with van der Waals surface area (Å²) in [5.41, 5.74) is 1.20. The van der Waals surface area contributed by atoms with Gasteiger partial charge in [-0.2, -0.15) is 0 Å². The molecule has 0 bridgehead atoms. The van der Waals surface area contributed by atoms with Gasteiger partial charge in [0.25, 0.3) is 0 Å². The van der Waals surface area contributed by atoms with Gasteiger partial charge in [-0.3, -0.25) is 0 Å². The van der Waals surface area contributed by atoms with Crippen molar-refractivity contribution in [3.05, 3.63) is 42.2 Å². The van der Waals surface area contributed by atoms with E-state index < -0.39 is 0 Å². The fraction of sp³-hybridized carbons (Fsp3) is 0.188. The van der Waals surface area contributed by atoms with Gasteiger partial charge in [-0.25, -0.2) is 4.39 Å². The first-order valence-electron chi connectivity index (χ1n) is 6.71. The predicted molar refractivity (Wildman–Crippen MR) is 92.3 cm³/mol. The average molecular weight is 336 g/mol. The molecule has 2 rings (SSSR count). The van der Waals surface area contributed by atoms with Gasteiger partial charge >= 0.3 is 0 Å². The van der Waals surface area contributed by atoms with Gasteiger partial charge in [-0.05, 0) is 30.4 Å². The van der Waals surface area contributed by atoms with Crippen LogP contribution in [0.3, 0.4) is 0 Å². The van der Waals surface area contributed by atoms with Crippen molar-refractivity contribution in [1.82, 2.24) is 0 Å². The molecule has 2 aromatic rings. The lowest BCUT2D eigenvalue weighted by atomic mass is 10.2. The molecule has 0 atom stereocenters. The van der Waals surface area contributed by atoms with E-state index in [4.69, 9.17) is 26.4 Å². The fourth-order valence-electron chi connectivity index (χ4n) is 2.01. The number of methoxy groups -OCH3 is 3. The van der Waals surface area contributed by atoms with Crippen molar-refractivity contribution < 1.29 is 18.6 Å². The zero-order valence-corrected chi connectivity index (χ0v) is 13.8. The van der Waals surface area contributed by atoms with Gasteiger partial charge in [0, 0.05) is 23.5 Å². The molecule has 0 saturated carbocycles. The van der Waals surface area contributed by atoms with Crippen LogP contribution in [0.25, 0.3) is 0 Å². The van der Waals surface area contributed by atoms with E-state index in [0.29, 0.717) is 33.7 Å². The summed E-state index contributed by atoms with van der Waals surface area (Å²) in [6.45, 7) is 0. The molecular weight excluding hydrogens is 319 g/mol. The van der Waals surface area contributed by atoms with Crippen LogP contribution in [0.15, 0.2) is 36.4 Å². The summed E-state index contributed by atoms with van der Waals surface area (Å²) in [7, 11) is 4.60.